The maximum absolute atomic E-state index is 12.9. The Labute approximate surface area is 154 Å². The van der Waals surface area contributed by atoms with E-state index in [4.69, 9.17) is 0 Å². The second-order valence-corrected chi connectivity index (χ2v) is 7.43. The number of aromatic nitrogens is 3. The molecule has 1 aromatic carbocycles. The SMILES string of the molecule is Cc1ccc(Nc2n[nH]nc2C(=O)N2CCN(CC(C)C)CC2)cc1C. The minimum atomic E-state index is -0.0747. The van der Waals surface area contributed by atoms with Crippen LogP contribution in [-0.2, 0) is 0 Å². The molecular weight excluding hydrogens is 328 g/mol. The topological polar surface area (TPSA) is 77.1 Å². The molecule has 1 aliphatic rings. The van der Waals surface area contributed by atoms with Crippen LogP contribution in [0.2, 0.25) is 0 Å². The van der Waals surface area contributed by atoms with E-state index in [1.54, 1.807) is 0 Å². The van der Waals surface area contributed by atoms with E-state index in [0.717, 1.165) is 38.4 Å². The van der Waals surface area contributed by atoms with E-state index in [-0.39, 0.29) is 5.91 Å². The Morgan fingerprint density at radius 2 is 1.88 bits per heavy atom. The summed E-state index contributed by atoms with van der Waals surface area (Å²) in [7, 11) is 0. The molecule has 0 unspecified atom stereocenters. The lowest BCUT2D eigenvalue weighted by Gasteiger charge is -2.35. The zero-order valence-corrected chi connectivity index (χ0v) is 16.0. The smallest absolute Gasteiger partial charge is 0.278 e. The number of hydrogen-bond acceptors (Lipinski definition) is 5. The number of piperazine rings is 1. The van der Waals surface area contributed by atoms with E-state index in [1.807, 2.05) is 23.1 Å². The van der Waals surface area contributed by atoms with Gasteiger partial charge in [-0.25, -0.2) is 0 Å². The second-order valence-electron chi connectivity index (χ2n) is 7.43. The van der Waals surface area contributed by atoms with Crippen LogP contribution in [0.25, 0.3) is 0 Å². The molecule has 0 atom stereocenters. The van der Waals surface area contributed by atoms with E-state index in [1.165, 1.54) is 11.1 Å². The Balaban J connectivity index is 1.66. The van der Waals surface area contributed by atoms with Gasteiger partial charge in [0.2, 0.25) is 0 Å². The summed E-state index contributed by atoms with van der Waals surface area (Å²) >= 11 is 0. The molecule has 1 aromatic heterocycles. The van der Waals surface area contributed by atoms with Gasteiger partial charge in [-0.2, -0.15) is 5.21 Å². The zero-order chi connectivity index (χ0) is 18.7. The summed E-state index contributed by atoms with van der Waals surface area (Å²) in [6.07, 6.45) is 0. The van der Waals surface area contributed by atoms with Gasteiger partial charge in [0.25, 0.3) is 5.91 Å². The number of hydrogen-bond donors (Lipinski definition) is 2. The van der Waals surface area contributed by atoms with Crippen molar-refractivity contribution < 1.29 is 4.79 Å². The van der Waals surface area contributed by atoms with Crippen LogP contribution in [0.3, 0.4) is 0 Å². The van der Waals surface area contributed by atoms with Crippen molar-refractivity contribution in [2.75, 3.05) is 38.0 Å². The van der Waals surface area contributed by atoms with Crippen LogP contribution in [0, 0.1) is 19.8 Å². The molecule has 3 rings (SSSR count). The molecule has 0 saturated carbocycles. The van der Waals surface area contributed by atoms with E-state index >= 15 is 0 Å². The number of nitrogens with one attached hydrogen (secondary N) is 2. The van der Waals surface area contributed by atoms with Crippen molar-refractivity contribution in [3.63, 3.8) is 0 Å². The number of carbonyl (C=O) groups is 1. The van der Waals surface area contributed by atoms with Crippen LogP contribution in [0.15, 0.2) is 18.2 Å². The molecule has 0 bridgehead atoms. The van der Waals surface area contributed by atoms with Crippen molar-refractivity contribution in [1.82, 2.24) is 25.2 Å². The summed E-state index contributed by atoms with van der Waals surface area (Å²) in [5.41, 5.74) is 3.66. The third-order valence-corrected chi connectivity index (χ3v) is 4.80. The Kier molecular flexibility index (Phi) is 5.56. The minimum absolute atomic E-state index is 0.0747. The molecule has 1 saturated heterocycles. The molecule has 7 heteroatoms. The van der Waals surface area contributed by atoms with Crippen molar-refractivity contribution in [3.8, 4) is 0 Å². The number of H-pyrrole nitrogens is 1. The maximum Gasteiger partial charge on any atom is 0.278 e. The lowest BCUT2D eigenvalue weighted by molar-refractivity contribution is 0.0619. The van der Waals surface area contributed by atoms with Gasteiger partial charge in [-0.1, -0.05) is 19.9 Å². The van der Waals surface area contributed by atoms with Gasteiger partial charge in [0.05, 0.1) is 0 Å². The zero-order valence-electron chi connectivity index (χ0n) is 16.0. The third-order valence-electron chi connectivity index (χ3n) is 4.80. The lowest BCUT2D eigenvalue weighted by Crippen LogP contribution is -2.49. The van der Waals surface area contributed by atoms with Crippen molar-refractivity contribution in [1.29, 1.82) is 0 Å². The van der Waals surface area contributed by atoms with Gasteiger partial charge in [-0.3, -0.25) is 9.69 Å². The quantitative estimate of drug-likeness (QED) is 0.861. The van der Waals surface area contributed by atoms with Gasteiger partial charge in [-0.15, -0.1) is 10.2 Å². The molecular formula is C19H28N6O. The Morgan fingerprint density at radius 3 is 2.54 bits per heavy atom. The van der Waals surface area contributed by atoms with Crippen molar-refractivity contribution in [2.45, 2.75) is 27.7 Å². The van der Waals surface area contributed by atoms with Crippen LogP contribution >= 0.6 is 0 Å². The highest BCUT2D eigenvalue weighted by Crippen LogP contribution is 2.21. The van der Waals surface area contributed by atoms with E-state index in [0.29, 0.717) is 17.4 Å². The molecule has 7 nitrogen and oxygen atoms in total. The number of aromatic amines is 1. The van der Waals surface area contributed by atoms with Crippen molar-refractivity contribution in [3.05, 3.63) is 35.0 Å². The standard InChI is InChI=1S/C19H28N6O/c1-13(2)12-24-7-9-25(10-8-24)19(26)17-18(22-23-21-17)20-16-6-5-14(3)15(4)11-16/h5-6,11,13H,7-10,12H2,1-4H3,(H2,20,21,22,23). The summed E-state index contributed by atoms with van der Waals surface area (Å²) in [6, 6.07) is 6.08. The van der Waals surface area contributed by atoms with Gasteiger partial charge in [-0.05, 0) is 43.0 Å². The fraction of sp³-hybridized carbons (Fsp3) is 0.526. The molecule has 2 N–H and O–H groups in total. The van der Waals surface area contributed by atoms with Crippen LogP contribution in [0.4, 0.5) is 11.5 Å². The molecule has 1 fully saturated rings. The number of aryl methyl sites for hydroxylation is 2. The number of carbonyl (C=O) groups excluding carboxylic acids is 1. The average molecular weight is 356 g/mol. The average Bonchev–Trinajstić information content (AvgIpc) is 3.06. The third kappa shape index (κ3) is 4.22. The van der Waals surface area contributed by atoms with E-state index in [2.05, 4.69) is 53.3 Å². The molecule has 0 radical (unpaired) electrons. The van der Waals surface area contributed by atoms with Crippen LogP contribution in [-0.4, -0.2) is 63.8 Å². The highest BCUT2D eigenvalue weighted by molar-refractivity contribution is 5.97. The monoisotopic (exact) mass is 356 g/mol. The highest BCUT2D eigenvalue weighted by Gasteiger charge is 2.26. The molecule has 2 heterocycles. The van der Waals surface area contributed by atoms with Gasteiger partial charge in [0.1, 0.15) is 0 Å². The first-order chi connectivity index (χ1) is 12.4. The van der Waals surface area contributed by atoms with Crippen LogP contribution < -0.4 is 5.32 Å². The number of benzene rings is 1. The van der Waals surface area contributed by atoms with Crippen LogP contribution in [0.5, 0.6) is 0 Å². The molecule has 2 aromatic rings. The predicted molar refractivity (Wildman–Crippen MR) is 103 cm³/mol. The summed E-state index contributed by atoms with van der Waals surface area (Å²) in [6.45, 7) is 12.9. The second kappa shape index (κ2) is 7.86. The summed E-state index contributed by atoms with van der Waals surface area (Å²) in [5.74, 6) is 1.04. The Hall–Kier alpha value is -2.41. The first kappa shape index (κ1) is 18.4. The predicted octanol–water partition coefficient (Wildman–Crippen LogP) is 2.58. The molecule has 0 spiro atoms. The highest BCUT2D eigenvalue weighted by atomic mass is 16.2. The summed E-state index contributed by atoms with van der Waals surface area (Å²) in [5, 5.41) is 14.0. The van der Waals surface area contributed by atoms with Gasteiger partial charge in [0, 0.05) is 38.4 Å². The molecule has 1 amide bonds. The summed E-state index contributed by atoms with van der Waals surface area (Å²) < 4.78 is 0. The van der Waals surface area contributed by atoms with Crippen LogP contribution in [0.1, 0.15) is 35.5 Å². The number of anilines is 2. The Bertz CT molecular complexity index is 761. The molecule has 0 aliphatic carbocycles. The first-order valence-corrected chi connectivity index (χ1v) is 9.20. The van der Waals surface area contributed by atoms with Gasteiger partial charge >= 0.3 is 0 Å². The Morgan fingerprint density at radius 1 is 1.15 bits per heavy atom. The van der Waals surface area contributed by atoms with E-state index in [9.17, 15) is 4.79 Å². The first-order valence-electron chi connectivity index (χ1n) is 9.20. The maximum atomic E-state index is 12.9. The molecule has 1 aliphatic heterocycles. The number of rotatable bonds is 5. The van der Waals surface area contributed by atoms with Gasteiger partial charge in [0.15, 0.2) is 11.5 Å². The normalized spacial score (nSPS) is 15.5. The molecule has 140 valence electrons. The van der Waals surface area contributed by atoms with Crippen molar-refractivity contribution in [2.24, 2.45) is 5.92 Å². The summed E-state index contributed by atoms with van der Waals surface area (Å²) in [4.78, 5) is 17.1. The molecule has 26 heavy (non-hydrogen) atoms. The van der Waals surface area contributed by atoms with Gasteiger partial charge < -0.3 is 10.2 Å². The minimum Gasteiger partial charge on any atom is -0.337 e. The lowest BCUT2D eigenvalue weighted by atomic mass is 10.1. The fourth-order valence-electron chi connectivity index (χ4n) is 3.22. The van der Waals surface area contributed by atoms with Crippen molar-refractivity contribution >= 4 is 17.4 Å². The number of nitrogens with zero attached hydrogens (tertiary/aromatic N) is 4. The number of amides is 1. The largest absolute Gasteiger partial charge is 0.337 e. The fourth-order valence-corrected chi connectivity index (χ4v) is 3.22. The van der Waals surface area contributed by atoms with E-state index < -0.39 is 0 Å².